The number of rotatable bonds is 8. The molecule has 7 nitrogen and oxygen atoms in total. The summed E-state index contributed by atoms with van der Waals surface area (Å²) >= 11 is 0. The molecule has 1 amide bonds. The number of hydrogen-bond acceptors (Lipinski definition) is 4. The van der Waals surface area contributed by atoms with Crippen LogP contribution in [0.2, 0.25) is 0 Å². The molecule has 7 heteroatoms. The summed E-state index contributed by atoms with van der Waals surface area (Å²) in [5.41, 5.74) is -0.103. The molecule has 1 saturated heterocycles. The second-order valence-corrected chi connectivity index (χ2v) is 10.0. The zero-order chi connectivity index (χ0) is 22.0. The summed E-state index contributed by atoms with van der Waals surface area (Å²) < 4.78 is 10.9. The van der Waals surface area contributed by atoms with Crippen molar-refractivity contribution in [3.8, 4) is 0 Å². The van der Waals surface area contributed by atoms with Gasteiger partial charge in [-0.1, -0.05) is 12.8 Å². The van der Waals surface area contributed by atoms with Crippen molar-refractivity contribution in [2.75, 3.05) is 46.9 Å². The number of likely N-dealkylation sites (tertiary alicyclic amines) is 1. The first kappa shape index (κ1) is 24.8. The fraction of sp³-hybridized carbons (Fsp3) is 0.913. The van der Waals surface area contributed by atoms with E-state index in [2.05, 4.69) is 15.6 Å². The van der Waals surface area contributed by atoms with Gasteiger partial charge in [0.15, 0.2) is 5.96 Å². The van der Waals surface area contributed by atoms with Crippen LogP contribution in [0.4, 0.5) is 4.79 Å². The molecular formula is C23H44N4O3. The van der Waals surface area contributed by atoms with Crippen molar-refractivity contribution in [3.05, 3.63) is 0 Å². The van der Waals surface area contributed by atoms with E-state index in [1.54, 1.807) is 7.11 Å². The molecule has 1 unspecified atom stereocenters. The van der Waals surface area contributed by atoms with Crippen LogP contribution in [-0.2, 0) is 9.47 Å². The summed E-state index contributed by atoms with van der Waals surface area (Å²) in [5.74, 6) is 1.37. The number of piperidine rings is 1. The second-order valence-electron chi connectivity index (χ2n) is 10.0. The molecule has 2 rings (SSSR count). The number of methoxy groups -OCH3 is 1. The molecule has 1 saturated carbocycles. The van der Waals surface area contributed by atoms with Crippen molar-refractivity contribution in [2.24, 2.45) is 16.3 Å². The number of hydrogen-bond donors (Lipinski definition) is 2. The predicted molar refractivity (Wildman–Crippen MR) is 122 cm³/mol. The number of ether oxygens (including phenoxy) is 2. The van der Waals surface area contributed by atoms with E-state index in [0.717, 1.165) is 64.4 Å². The van der Waals surface area contributed by atoms with Gasteiger partial charge in [-0.3, -0.25) is 4.99 Å². The molecule has 0 aromatic heterocycles. The SMILES string of the molecule is CN=C(NCCC1CCCN(C(=O)OC(C)(C)C)C1)NCC1(CCOC)CCCC1. The minimum atomic E-state index is -0.441. The predicted octanol–water partition coefficient (Wildman–Crippen LogP) is 3.79. The molecule has 0 aromatic rings. The Bertz CT molecular complexity index is 553. The molecule has 1 aliphatic heterocycles. The molecule has 0 aromatic carbocycles. The van der Waals surface area contributed by atoms with Crippen molar-refractivity contribution in [3.63, 3.8) is 0 Å². The van der Waals surface area contributed by atoms with E-state index in [-0.39, 0.29) is 6.09 Å². The number of aliphatic imine (C=N–C) groups is 1. The first-order valence-electron chi connectivity index (χ1n) is 11.7. The monoisotopic (exact) mass is 424 g/mol. The maximum Gasteiger partial charge on any atom is 0.410 e. The van der Waals surface area contributed by atoms with E-state index >= 15 is 0 Å². The third-order valence-corrected chi connectivity index (χ3v) is 6.37. The van der Waals surface area contributed by atoms with Crippen molar-refractivity contribution in [1.82, 2.24) is 15.5 Å². The number of nitrogens with zero attached hydrogens (tertiary/aromatic N) is 2. The molecule has 0 bridgehead atoms. The van der Waals surface area contributed by atoms with Gasteiger partial charge < -0.3 is 25.0 Å². The Balaban J connectivity index is 1.73. The van der Waals surface area contributed by atoms with Gasteiger partial charge >= 0.3 is 6.09 Å². The zero-order valence-electron chi connectivity index (χ0n) is 19.9. The number of guanidine groups is 1. The molecule has 0 radical (unpaired) electrons. The highest BCUT2D eigenvalue weighted by molar-refractivity contribution is 5.79. The molecule has 1 aliphatic carbocycles. The average molecular weight is 425 g/mol. The van der Waals surface area contributed by atoms with E-state index in [4.69, 9.17) is 9.47 Å². The van der Waals surface area contributed by atoms with E-state index in [1.807, 2.05) is 32.7 Å². The molecular weight excluding hydrogens is 380 g/mol. The fourth-order valence-corrected chi connectivity index (χ4v) is 4.64. The number of nitrogens with one attached hydrogen (secondary N) is 2. The van der Waals surface area contributed by atoms with Crippen LogP contribution in [0, 0.1) is 11.3 Å². The Morgan fingerprint density at radius 2 is 1.93 bits per heavy atom. The van der Waals surface area contributed by atoms with Crippen molar-refractivity contribution >= 4 is 12.1 Å². The topological polar surface area (TPSA) is 75.2 Å². The minimum absolute atomic E-state index is 0.185. The molecule has 2 N–H and O–H groups in total. The highest BCUT2D eigenvalue weighted by atomic mass is 16.6. The van der Waals surface area contributed by atoms with Gasteiger partial charge in [0.1, 0.15) is 5.60 Å². The molecule has 1 heterocycles. The van der Waals surface area contributed by atoms with Crippen LogP contribution in [0.3, 0.4) is 0 Å². The van der Waals surface area contributed by atoms with Gasteiger partial charge in [0.2, 0.25) is 0 Å². The summed E-state index contributed by atoms with van der Waals surface area (Å²) in [6, 6.07) is 0. The lowest BCUT2D eigenvalue weighted by atomic mass is 9.83. The smallest absolute Gasteiger partial charge is 0.410 e. The lowest BCUT2D eigenvalue weighted by molar-refractivity contribution is 0.0162. The lowest BCUT2D eigenvalue weighted by Crippen LogP contribution is -2.45. The molecule has 174 valence electrons. The Morgan fingerprint density at radius 3 is 2.57 bits per heavy atom. The van der Waals surface area contributed by atoms with Crippen molar-refractivity contribution < 1.29 is 14.3 Å². The van der Waals surface area contributed by atoms with Gasteiger partial charge in [-0.25, -0.2) is 4.79 Å². The molecule has 0 spiro atoms. The van der Waals surface area contributed by atoms with Gasteiger partial charge in [0.05, 0.1) is 0 Å². The van der Waals surface area contributed by atoms with Crippen LogP contribution in [0.5, 0.6) is 0 Å². The molecule has 2 fully saturated rings. The zero-order valence-corrected chi connectivity index (χ0v) is 19.9. The second kappa shape index (κ2) is 11.8. The largest absolute Gasteiger partial charge is 0.444 e. The quantitative estimate of drug-likeness (QED) is 0.458. The maximum absolute atomic E-state index is 12.4. The van der Waals surface area contributed by atoms with E-state index in [1.165, 1.54) is 25.7 Å². The molecule has 2 aliphatic rings. The standard InChI is InChI=1S/C23H44N4O3/c1-22(2,3)30-21(28)27-15-8-9-19(17-27)10-14-25-20(24-4)26-18-23(13-16-29-5)11-6-7-12-23/h19H,6-18H2,1-5H3,(H2,24,25,26). The summed E-state index contributed by atoms with van der Waals surface area (Å²) in [7, 11) is 3.61. The Hall–Kier alpha value is -1.50. The van der Waals surface area contributed by atoms with E-state index in [0.29, 0.717) is 11.3 Å². The number of amides is 1. The van der Waals surface area contributed by atoms with Crippen LogP contribution in [0.25, 0.3) is 0 Å². The highest BCUT2D eigenvalue weighted by Crippen LogP contribution is 2.40. The first-order chi connectivity index (χ1) is 14.3. The summed E-state index contributed by atoms with van der Waals surface area (Å²) in [6.45, 7) is 9.96. The number of carbonyl (C=O) groups is 1. The lowest BCUT2D eigenvalue weighted by Gasteiger charge is -2.34. The van der Waals surface area contributed by atoms with Gasteiger partial charge in [0.25, 0.3) is 0 Å². The third kappa shape index (κ3) is 8.32. The molecule has 1 atom stereocenters. The maximum atomic E-state index is 12.4. The Morgan fingerprint density at radius 1 is 1.20 bits per heavy atom. The van der Waals surface area contributed by atoms with Gasteiger partial charge in [-0.05, 0) is 70.6 Å². The van der Waals surface area contributed by atoms with Crippen molar-refractivity contribution in [2.45, 2.75) is 77.7 Å². The van der Waals surface area contributed by atoms with Crippen LogP contribution >= 0.6 is 0 Å². The molecule has 30 heavy (non-hydrogen) atoms. The van der Waals surface area contributed by atoms with Gasteiger partial charge in [-0.15, -0.1) is 0 Å². The highest BCUT2D eigenvalue weighted by Gasteiger charge is 2.33. The fourth-order valence-electron chi connectivity index (χ4n) is 4.64. The summed E-state index contributed by atoms with van der Waals surface area (Å²) in [4.78, 5) is 18.6. The summed E-state index contributed by atoms with van der Waals surface area (Å²) in [5, 5.41) is 7.02. The normalized spacial score (nSPS) is 22.1. The van der Waals surface area contributed by atoms with Crippen LogP contribution in [0.15, 0.2) is 4.99 Å². The van der Waals surface area contributed by atoms with Crippen LogP contribution < -0.4 is 10.6 Å². The Labute approximate surface area is 183 Å². The van der Waals surface area contributed by atoms with Crippen LogP contribution in [0.1, 0.15) is 72.1 Å². The van der Waals surface area contributed by atoms with E-state index < -0.39 is 5.60 Å². The number of carbonyl (C=O) groups excluding carboxylic acids is 1. The van der Waals surface area contributed by atoms with Gasteiger partial charge in [-0.2, -0.15) is 0 Å². The van der Waals surface area contributed by atoms with Gasteiger partial charge in [0, 0.05) is 46.9 Å². The average Bonchev–Trinajstić information content (AvgIpc) is 3.17. The van der Waals surface area contributed by atoms with Crippen molar-refractivity contribution in [1.29, 1.82) is 0 Å². The third-order valence-electron chi connectivity index (χ3n) is 6.37. The van der Waals surface area contributed by atoms with E-state index in [9.17, 15) is 4.79 Å². The summed E-state index contributed by atoms with van der Waals surface area (Å²) in [6.07, 6.45) is 9.30. The first-order valence-corrected chi connectivity index (χ1v) is 11.7. The Kier molecular flexibility index (Phi) is 9.72. The van der Waals surface area contributed by atoms with Crippen LogP contribution in [-0.4, -0.2) is 69.5 Å². The minimum Gasteiger partial charge on any atom is -0.444 e.